The number of cyclic esters (lactones) is 1. The molecule has 1 heterocycles. The van der Waals surface area contributed by atoms with E-state index in [1.165, 1.54) is 0 Å². The standard InChI is InChI=1S/C15H21BrN2O3/c1-3-6-17-10(2)13-5-4-11(16)7-14(13)20-9-12-8-18-15(19)21-12/h4-5,7,10,12,17H,3,6,8-9H2,1-2H3,(H,18,19). The van der Waals surface area contributed by atoms with Crippen molar-refractivity contribution in [2.45, 2.75) is 32.4 Å². The van der Waals surface area contributed by atoms with Crippen molar-refractivity contribution in [3.8, 4) is 5.75 Å². The van der Waals surface area contributed by atoms with E-state index in [0.717, 1.165) is 28.8 Å². The van der Waals surface area contributed by atoms with Crippen LogP contribution in [0.15, 0.2) is 22.7 Å². The van der Waals surface area contributed by atoms with Crippen LogP contribution in [0.1, 0.15) is 31.9 Å². The lowest BCUT2D eigenvalue weighted by Gasteiger charge is -2.19. The average Bonchev–Trinajstić information content (AvgIpc) is 2.88. The fourth-order valence-electron chi connectivity index (χ4n) is 2.17. The van der Waals surface area contributed by atoms with Crippen molar-refractivity contribution >= 4 is 22.0 Å². The summed E-state index contributed by atoms with van der Waals surface area (Å²) >= 11 is 3.46. The van der Waals surface area contributed by atoms with E-state index in [0.29, 0.717) is 13.2 Å². The number of alkyl carbamates (subject to hydrolysis) is 1. The van der Waals surface area contributed by atoms with Gasteiger partial charge in [-0.3, -0.25) is 0 Å². The maximum Gasteiger partial charge on any atom is 0.407 e. The molecule has 2 atom stereocenters. The quantitative estimate of drug-likeness (QED) is 0.788. The van der Waals surface area contributed by atoms with Crippen LogP contribution in [0.25, 0.3) is 0 Å². The second-order valence-electron chi connectivity index (χ2n) is 5.08. The minimum absolute atomic E-state index is 0.206. The van der Waals surface area contributed by atoms with Crippen molar-refractivity contribution in [1.82, 2.24) is 10.6 Å². The van der Waals surface area contributed by atoms with Gasteiger partial charge in [0.2, 0.25) is 0 Å². The van der Waals surface area contributed by atoms with Gasteiger partial charge >= 0.3 is 6.09 Å². The summed E-state index contributed by atoms with van der Waals surface area (Å²) in [5.41, 5.74) is 1.10. The summed E-state index contributed by atoms with van der Waals surface area (Å²) in [4.78, 5) is 11.0. The van der Waals surface area contributed by atoms with Crippen LogP contribution in [0.3, 0.4) is 0 Å². The molecule has 0 radical (unpaired) electrons. The van der Waals surface area contributed by atoms with E-state index in [-0.39, 0.29) is 18.2 Å². The second-order valence-corrected chi connectivity index (χ2v) is 5.99. The number of amides is 1. The first-order chi connectivity index (χ1) is 10.1. The number of benzene rings is 1. The fraction of sp³-hybridized carbons (Fsp3) is 0.533. The molecule has 1 aromatic carbocycles. The number of hydrogen-bond donors (Lipinski definition) is 2. The van der Waals surface area contributed by atoms with E-state index in [2.05, 4.69) is 40.4 Å². The average molecular weight is 357 g/mol. The van der Waals surface area contributed by atoms with Gasteiger partial charge in [0, 0.05) is 16.1 Å². The molecule has 0 saturated carbocycles. The summed E-state index contributed by atoms with van der Waals surface area (Å²) in [6, 6.07) is 6.20. The summed E-state index contributed by atoms with van der Waals surface area (Å²) in [5, 5.41) is 6.07. The Hall–Kier alpha value is -1.27. The summed E-state index contributed by atoms with van der Waals surface area (Å²) in [6.45, 7) is 6.05. The van der Waals surface area contributed by atoms with Crippen molar-refractivity contribution in [2.24, 2.45) is 0 Å². The molecule has 1 amide bonds. The largest absolute Gasteiger partial charge is 0.489 e. The van der Waals surface area contributed by atoms with E-state index >= 15 is 0 Å². The summed E-state index contributed by atoms with van der Waals surface area (Å²) < 4.78 is 11.9. The van der Waals surface area contributed by atoms with Crippen molar-refractivity contribution in [1.29, 1.82) is 0 Å². The Bertz CT molecular complexity index is 496. The fourth-order valence-corrected chi connectivity index (χ4v) is 2.51. The summed E-state index contributed by atoms with van der Waals surface area (Å²) in [6.07, 6.45) is 0.472. The number of rotatable bonds is 7. The number of nitrogens with one attached hydrogen (secondary N) is 2. The van der Waals surface area contributed by atoms with Crippen molar-refractivity contribution in [3.05, 3.63) is 28.2 Å². The minimum atomic E-state index is -0.379. The van der Waals surface area contributed by atoms with E-state index in [1.807, 2.05) is 18.2 Å². The Morgan fingerprint density at radius 1 is 1.57 bits per heavy atom. The molecule has 2 N–H and O–H groups in total. The van der Waals surface area contributed by atoms with E-state index < -0.39 is 0 Å². The Labute approximate surface area is 133 Å². The highest BCUT2D eigenvalue weighted by molar-refractivity contribution is 9.10. The van der Waals surface area contributed by atoms with Crippen molar-refractivity contribution in [3.63, 3.8) is 0 Å². The first-order valence-electron chi connectivity index (χ1n) is 7.20. The lowest BCUT2D eigenvalue weighted by atomic mass is 10.1. The van der Waals surface area contributed by atoms with Crippen LogP contribution in [-0.2, 0) is 4.74 Å². The molecule has 116 valence electrons. The molecule has 6 heteroatoms. The number of halogens is 1. The number of carbonyl (C=O) groups excluding carboxylic acids is 1. The van der Waals surface area contributed by atoms with Crippen LogP contribution in [0.5, 0.6) is 5.75 Å². The Morgan fingerprint density at radius 3 is 3.05 bits per heavy atom. The molecule has 2 unspecified atom stereocenters. The molecule has 21 heavy (non-hydrogen) atoms. The van der Waals surface area contributed by atoms with Gasteiger partial charge in [0.25, 0.3) is 0 Å². The molecular formula is C15H21BrN2O3. The lowest BCUT2D eigenvalue weighted by molar-refractivity contribution is 0.104. The van der Waals surface area contributed by atoms with Crippen LogP contribution in [-0.4, -0.2) is 31.9 Å². The predicted molar refractivity (Wildman–Crippen MR) is 84.6 cm³/mol. The molecule has 5 nitrogen and oxygen atoms in total. The molecular weight excluding hydrogens is 336 g/mol. The van der Waals surface area contributed by atoms with Crippen LogP contribution < -0.4 is 15.4 Å². The normalized spacial score (nSPS) is 19.0. The number of hydrogen-bond acceptors (Lipinski definition) is 4. The zero-order chi connectivity index (χ0) is 15.2. The Balaban J connectivity index is 2.02. The van der Waals surface area contributed by atoms with E-state index in [1.54, 1.807) is 0 Å². The molecule has 0 bridgehead atoms. The molecule has 1 fully saturated rings. The van der Waals surface area contributed by atoms with Gasteiger partial charge in [0.05, 0.1) is 6.54 Å². The van der Waals surface area contributed by atoms with Gasteiger partial charge < -0.3 is 20.1 Å². The van der Waals surface area contributed by atoms with Gasteiger partial charge in [-0.15, -0.1) is 0 Å². The van der Waals surface area contributed by atoms with Crippen molar-refractivity contribution in [2.75, 3.05) is 19.7 Å². The van der Waals surface area contributed by atoms with Crippen LogP contribution in [0.4, 0.5) is 4.79 Å². The third-order valence-electron chi connectivity index (χ3n) is 3.32. The van der Waals surface area contributed by atoms with Crippen LogP contribution in [0.2, 0.25) is 0 Å². The summed E-state index contributed by atoms with van der Waals surface area (Å²) in [5.74, 6) is 0.809. The van der Waals surface area contributed by atoms with Crippen LogP contribution in [0, 0.1) is 0 Å². The SMILES string of the molecule is CCCNC(C)c1ccc(Br)cc1OCC1CNC(=O)O1. The van der Waals surface area contributed by atoms with Gasteiger partial charge in [-0.25, -0.2) is 4.79 Å². The summed E-state index contributed by atoms with van der Waals surface area (Å²) in [7, 11) is 0. The van der Waals surface area contributed by atoms with Gasteiger partial charge in [-0.1, -0.05) is 28.9 Å². The van der Waals surface area contributed by atoms with Gasteiger partial charge in [0.1, 0.15) is 12.4 Å². The lowest BCUT2D eigenvalue weighted by Crippen LogP contribution is -2.24. The zero-order valence-corrected chi connectivity index (χ0v) is 13.9. The monoisotopic (exact) mass is 356 g/mol. The third-order valence-corrected chi connectivity index (χ3v) is 3.81. The highest BCUT2D eigenvalue weighted by Gasteiger charge is 2.23. The highest BCUT2D eigenvalue weighted by atomic mass is 79.9. The molecule has 0 aliphatic carbocycles. The zero-order valence-electron chi connectivity index (χ0n) is 12.3. The molecule has 1 aliphatic heterocycles. The first-order valence-corrected chi connectivity index (χ1v) is 7.99. The maximum atomic E-state index is 11.0. The maximum absolute atomic E-state index is 11.0. The van der Waals surface area contributed by atoms with E-state index in [4.69, 9.17) is 9.47 Å². The number of carbonyl (C=O) groups is 1. The Kier molecular flexibility index (Phi) is 5.87. The molecule has 1 aliphatic rings. The molecule has 1 saturated heterocycles. The second kappa shape index (κ2) is 7.66. The molecule has 2 rings (SSSR count). The highest BCUT2D eigenvalue weighted by Crippen LogP contribution is 2.29. The molecule has 0 spiro atoms. The van der Waals surface area contributed by atoms with Gasteiger partial charge in [-0.05, 0) is 32.0 Å². The van der Waals surface area contributed by atoms with Crippen LogP contribution >= 0.6 is 15.9 Å². The van der Waals surface area contributed by atoms with Gasteiger partial charge in [0.15, 0.2) is 6.10 Å². The predicted octanol–water partition coefficient (Wildman–Crippen LogP) is 3.00. The Morgan fingerprint density at radius 2 is 2.38 bits per heavy atom. The van der Waals surface area contributed by atoms with E-state index in [9.17, 15) is 4.79 Å². The molecule has 1 aromatic rings. The first kappa shape index (κ1) is 16.1. The molecule has 0 aromatic heterocycles. The third kappa shape index (κ3) is 4.61. The minimum Gasteiger partial charge on any atom is -0.489 e. The topological polar surface area (TPSA) is 59.6 Å². The van der Waals surface area contributed by atoms with Crippen molar-refractivity contribution < 1.29 is 14.3 Å². The number of ether oxygens (including phenoxy) is 2. The van der Waals surface area contributed by atoms with Gasteiger partial charge in [-0.2, -0.15) is 0 Å². The smallest absolute Gasteiger partial charge is 0.407 e.